The lowest BCUT2D eigenvalue weighted by Gasteiger charge is -2.42. The number of alkyl carbamates (subject to hydrolysis) is 1. The molecule has 1 fully saturated rings. The van der Waals surface area contributed by atoms with Crippen LogP contribution in [0.25, 0.3) is 0 Å². The average Bonchev–Trinajstić information content (AvgIpc) is 3.14. The van der Waals surface area contributed by atoms with Gasteiger partial charge in [-0.3, -0.25) is 14.6 Å². The number of hydrogen-bond acceptors (Lipinski definition) is 6. The van der Waals surface area contributed by atoms with Crippen molar-refractivity contribution in [3.05, 3.63) is 59.4 Å². The van der Waals surface area contributed by atoms with Gasteiger partial charge in [-0.05, 0) is 71.7 Å². The van der Waals surface area contributed by atoms with E-state index in [1.807, 2.05) is 35.2 Å². The number of amides is 3. The molecular weight excluding hydrogens is 503 g/mol. The van der Waals surface area contributed by atoms with Gasteiger partial charge < -0.3 is 20.1 Å². The molecule has 2 atom stereocenters. The van der Waals surface area contributed by atoms with Crippen LogP contribution in [0.15, 0.2) is 42.5 Å². The van der Waals surface area contributed by atoms with E-state index in [2.05, 4.69) is 10.6 Å². The molecule has 39 heavy (non-hydrogen) atoms. The molecular formula is C29H37FN4O5. The van der Waals surface area contributed by atoms with Crippen molar-refractivity contribution in [3.63, 3.8) is 0 Å². The fourth-order valence-electron chi connectivity index (χ4n) is 5.14. The molecule has 4 rings (SSSR count). The number of ether oxygens (including phenoxy) is 2. The van der Waals surface area contributed by atoms with Crippen molar-refractivity contribution in [2.24, 2.45) is 0 Å². The average molecular weight is 541 g/mol. The summed E-state index contributed by atoms with van der Waals surface area (Å²) in [7, 11) is 0. The monoisotopic (exact) mass is 540 g/mol. The number of carbonyl (C=O) groups is 3. The molecule has 2 aliphatic heterocycles. The van der Waals surface area contributed by atoms with Gasteiger partial charge in [0, 0.05) is 24.7 Å². The van der Waals surface area contributed by atoms with Crippen LogP contribution < -0.4 is 15.5 Å². The SMILES string of the molecule is CCN(C(=O)OC(C)(C)C)c1cc(F)cc2c1NC(=O)C2(C)N1CCC[C@@H](NC(=O)OCc2ccccc2)C1. The van der Waals surface area contributed by atoms with Crippen LogP contribution in [-0.4, -0.2) is 54.3 Å². The minimum atomic E-state index is -1.20. The zero-order valence-electron chi connectivity index (χ0n) is 23.2. The summed E-state index contributed by atoms with van der Waals surface area (Å²) >= 11 is 0. The number of benzene rings is 2. The molecule has 0 aromatic heterocycles. The van der Waals surface area contributed by atoms with E-state index in [0.29, 0.717) is 24.3 Å². The Balaban J connectivity index is 1.54. The number of nitrogens with zero attached hydrogens (tertiary/aromatic N) is 2. The van der Waals surface area contributed by atoms with Crippen molar-refractivity contribution in [3.8, 4) is 0 Å². The molecule has 0 radical (unpaired) electrons. The Labute approximate surface area is 228 Å². The highest BCUT2D eigenvalue weighted by Crippen LogP contribution is 2.46. The zero-order valence-corrected chi connectivity index (χ0v) is 23.2. The van der Waals surface area contributed by atoms with Crippen molar-refractivity contribution in [2.45, 2.75) is 71.2 Å². The van der Waals surface area contributed by atoms with Gasteiger partial charge in [0.2, 0.25) is 5.91 Å². The number of fused-ring (bicyclic) bond motifs is 1. The van der Waals surface area contributed by atoms with E-state index in [1.54, 1.807) is 34.6 Å². The molecule has 0 aliphatic carbocycles. The Bertz CT molecular complexity index is 1230. The summed E-state index contributed by atoms with van der Waals surface area (Å²) in [5, 5.41) is 5.81. The summed E-state index contributed by atoms with van der Waals surface area (Å²) in [5.74, 6) is -0.887. The highest BCUT2D eigenvalue weighted by atomic mass is 19.1. The molecule has 10 heteroatoms. The van der Waals surface area contributed by atoms with Gasteiger partial charge in [-0.2, -0.15) is 0 Å². The van der Waals surface area contributed by atoms with Crippen LogP contribution in [-0.2, 0) is 26.4 Å². The normalized spacial score (nSPS) is 21.1. The van der Waals surface area contributed by atoms with Gasteiger partial charge in [0.05, 0.1) is 11.4 Å². The maximum Gasteiger partial charge on any atom is 0.414 e. The second kappa shape index (κ2) is 11.2. The summed E-state index contributed by atoms with van der Waals surface area (Å²) < 4.78 is 25.9. The van der Waals surface area contributed by atoms with Gasteiger partial charge in [-0.25, -0.2) is 14.0 Å². The Morgan fingerprint density at radius 2 is 1.95 bits per heavy atom. The van der Waals surface area contributed by atoms with Crippen LogP contribution in [0.2, 0.25) is 0 Å². The third-order valence-electron chi connectivity index (χ3n) is 7.10. The fraction of sp³-hybridized carbons (Fsp3) is 0.483. The third kappa shape index (κ3) is 6.16. The second-order valence-corrected chi connectivity index (χ2v) is 11.1. The predicted octanol–water partition coefficient (Wildman–Crippen LogP) is 5.15. The molecule has 0 saturated carbocycles. The maximum atomic E-state index is 15.0. The van der Waals surface area contributed by atoms with Crippen LogP contribution in [0.4, 0.5) is 25.4 Å². The lowest BCUT2D eigenvalue weighted by Crippen LogP contribution is -2.57. The molecule has 2 aromatic carbocycles. The van der Waals surface area contributed by atoms with E-state index in [0.717, 1.165) is 18.4 Å². The minimum Gasteiger partial charge on any atom is -0.445 e. The van der Waals surface area contributed by atoms with Crippen LogP contribution in [0.3, 0.4) is 0 Å². The van der Waals surface area contributed by atoms with Crippen LogP contribution >= 0.6 is 0 Å². The third-order valence-corrected chi connectivity index (χ3v) is 7.10. The highest BCUT2D eigenvalue weighted by molar-refractivity contribution is 6.10. The van der Waals surface area contributed by atoms with E-state index in [4.69, 9.17) is 9.47 Å². The van der Waals surface area contributed by atoms with E-state index < -0.39 is 29.1 Å². The van der Waals surface area contributed by atoms with E-state index in [1.165, 1.54) is 17.0 Å². The number of carbonyl (C=O) groups excluding carboxylic acids is 3. The van der Waals surface area contributed by atoms with Gasteiger partial charge in [-0.1, -0.05) is 30.3 Å². The van der Waals surface area contributed by atoms with Gasteiger partial charge in [0.15, 0.2) is 0 Å². The van der Waals surface area contributed by atoms with E-state index in [9.17, 15) is 14.4 Å². The van der Waals surface area contributed by atoms with Crippen LogP contribution in [0.1, 0.15) is 58.6 Å². The molecule has 1 saturated heterocycles. The van der Waals surface area contributed by atoms with Gasteiger partial charge in [0.1, 0.15) is 23.6 Å². The molecule has 9 nitrogen and oxygen atoms in total. The summed E-state index contributed by atoms with van der Waals surface area (Å²) in [5.41, 5.74) is 0.0146. The van der Waals surface area contributed by atoms with Crippen molar-refractivity contribution < 1.29 is 28.2 Å². The summed E-state index contributed by atoms with van der Waals surface area (Å²) in [4.78, 5) is 42.2. The Kier molecular flexibility index (Phi) is 8.15. The smallest absolute Gasteiger partial charge is 0.414 e. The van der Waals surface area contributed by atoms with E-state index >= 15 is 4.39 Å². The number of nitrogens with one attached hydrogen (secondary N) is 2. The van der Waals surface area contributed by atoms with Gasteiger partial charge >= 0.3 is 12.2 Å². The Morgan fingerprint density at radius 1 is 1.23 bits per heavy atom. The van der Waals surface area contributed by atoms with Crippen molar-refractivity contribution in [1.82, 2.24) is 10.2 Å². The fourth-order valence-corrected chi connectivity index (χ4v) is 5.14. The molecule has 2 N–H and O–H groups in total. The number of piperidine rings is 1. The molecule has 210 valence electrons. The predicted molar refractivity (Wildman–Crippen MR) is 146 cm³/mol. The zero-order chi connectivity index (χ0) is 28.4. The molecule has 1 unspecified atom stereocenters. The molecule has 2 aliphatic rings. The first kappa shape index (κ1) is 28.4. The lowest BCUT2D eigenvalue weighted by molar-refractivity contribution is -0.127. The quantitative estimate of drug-likeness (QED) is 0.526. The summed E-state index contributed by atoms with van der Waals surface area (Å²) in [6.45, 7) is 10.1. The molecule has 3 amide bonds. The van der Waals surface area contributed by atoms with Gasteiger partial charge in [-0.15, -0.1) is 0 Å². The highest BCUT2D eigenvalue weighted by Gasteiger charge is 2.50. The molecule has 0 spiro atoms. The van der Waals surface area contributed by atoms with Gasteiger partial charge in [0.25, 0.3) is 0 Å². The maximum absolute atomic E-state index is 15.0. The van der Waals surface area contributed by atoms with Crippen LogP contribution in [0.5, 0.6) is 0 Å². The first-order chi connectivity index (χ1) is 18.4. The largest absolute Gasteiger partial charge is 0.445 e. The second-order valence-electron chi connectivity index (χ2n) is 11.1. The molecule has 2 aromatic rings. The first-order valence-corrected chi connectivity index (χ1v) is 13.3. The number of rotatable bonds is 6. The van der Waals surface area contributed by atoms with Crippen molar-refractivity contribution in [1.29, 1.82) is 0 Å². The van der Waals surface area contributed by atoms with Crippen molar-refractivity contribution in [2.75, 3.05) is 29.9 Å². The molecule has 0 bridgehead atoms. The number of halogens is 1. The number of hydrogen-bond donors (Lipinski definition) is 2. The number of anilines is 2. The standard InChI is InChI=1S/C29H37FN4O5/c1-6-34(27(37)39-28(2,3)4)23-16-20(30)15-22-24(23)32-25(35)29(22,5)33-14-10-13-21(17-33)31-26(36)38-18-19-11-8-7-9-12-19/h7-9,11-12,15-16,21H,6,10,13-14,17-18H2,1-5H3,(H,31,36)(H,32,35)/t21-,29?/m1/s1. The number of likely N-dealkylation sites (tertiary alicyclic amines) is 1. The minimum absolute atomic E-state index is 0.157. The topological polar surface area (TPSA) is 100 Å². The van der Waals surface area contributed by atoms with Crippen molar-refractivity contribution >= 4 is 29.5 Å². The van der Waals surface area contributed by atoms with Crippen LogP contribution in [0, 0.1) is 5.82 Å². The Morgan fingerprint density at radius 3 is 2.62 bits per heavy atom. The summed E-state index contributed by atoms with van der Waals surface area (Å²) in [6, 6.07) is 11.7. The Hall–Kier alpha value is -3.66. The summed E-state index contributed by atoms with van der Waals surface area (Å²) in [6.07, 6.45) is 0.287. The lowest BCUT2D eigenvalue weighted by atomic mass is 9.88. The first-order valence-electron chi connectivity index (χ1n) is 13.3. The molecule has 2 heterocycles. The van der Waals surface area contributed by atoms with E-state index in [-0.39, 0.29) is 30.8 Å².